The zero-order chi connectivity index (χ0) is 13.5. The fourth-order valence-electron chi connectivity index (χ4n) is 1.95. The van der Waals surface area contributed by atoms with Gasteiger partial charge in [0.15, 0.2) is 0 Å². The Balaban J connectivity index is 1.92. The van der Waals surface area contributed by atoms with Crippen LogP contribution < -0.4 is 10.5 Å². The van der Waals surface area contributed by atoms with Gasteiger partial charge in [0.2, 0.25) is 0 Å². The highest BCUT2D eigenvalue weighted by atomic mass is 19.1. The molecule has 0 bridgehead atoms. The molecule has 2 N–H and O–H groups in total. The van der Waals surface area contributed by atoms with E-state index in [1.54, 1.807) is 0 Å². The molecule has 0 saturated carbocycles. The average molecular weight is 259 g/mol. The number of halogens is 1. The first-order valence-corrected chi connectivity index (χ1v) is 6.44. The molecule has 100 valence electrons. The van der Waals surface area contributed by atoms with Crippen LogP contribution in [-0.2, 0) is 12.8 Å². The van der Waals surface area contributed by atoms with Gasteiger partial charge in [0.05, 0.1) is 6.61 Å². The van der Waals surface area contributed by atoms with Crippen molar-refractivity contribution >= 4 is 0 Å². The lowest BCUT2D eigenvalue weighted by atomic mass is 10.1. The zero-order valence-electron chi connectivity index (χ0n) is 10.8. The molecule has 0 spiro atoms. The smallest absolute Gasteiger partial charge is 0.127 e. The van der Waals surface area contributed by atoms with E-state index in [0.717, 1.165) is 12.0 Å². The molecule has 0 radical (unpaired) electrons. The summed E-state index contributed by atoms with van der Waals surface area (Å²) in [4.78, 5) is 0. The summed E-state index contributed by atoms with van der Waals surface area (Å²) in [6.07, 6.45) is 1.47. The zero-order valence-corrected chi connectivity index (χ0v) is 10.8. The van der Waals surface area contributed by atoms with Crippen molar-refractivity contribution in [1.29, 1.82) is 0 Å². The van der Waals surface area contributed by atoms with Crippen molar-refractivity contribution in [2.75, 3.05) is 13.2 Å². The molecule has 0 amide bonds. The summed E-state index contributed by atoms with van der Waals surface area (Å²) in [5, 5.41) is 0. The molecule has 0 aliphatic rings. The summed E-state index contributed by atoms with van der Waals surface area (Å²) < 4.78 is 19.0. The molecule has 0 aliphatic carbocycles. The summed E-state index contributed by atoms with van der Waals surface area (Å²) in [7, 11) is 0. The van der Waals surface area contributed by atoms with Crippen LogP contribution in [0.3, 0.4) is 0 Å². The first-order valence-electron chi connectivity index (χ1n) is 6.44. The van der Waals surface area contributed by atoms with E-state index >= 15 is 0 Å². The first kappa shape index (κ1) is 13.6. The van der Waals surface area contributed by atoms with E-state index in [4.69, 9.17) is 10.5 Å². The van der Waals surface area contributed by atoms with Crippen molar-refractivity contribution in [2.45, 2.75) is 12.8 Å². The highest BCUT2D eigenvalue weighted by Gasteiger charge is 2.02. The summed E-state index contributed by atoms with van der Waals surface area (Å²) in [6, 6.07) is 14.8. The summed E-state index contributed by atoms with van der Waals surface area (Å²) >= 11 is 0. The molecule has 0 aromatic heterocycles. The maximum absolute atomic E-state index is 13.4. The molecule has 2 rings (SSSR count). The van der Waals surface area contributed by atoms with Crippen LogP contribution in [0, 0.1) is 5.82 Å². The van der Waals surface area contributed by atoms with E-state index < -0.39 is 0 Å². The Kier molecular flexibility index (Phi) is 4.93. The molecule has 0 fully saturated rings. The third kappa shape index (κ3) is 4.38. The standard InChI is InChI=1S/C16H18FNO/c17-15-10-14(6-8-18)11-16(12-15)19-9-7-13-4-2-1-3-5-13/h1-5,10-12H,6-9,18H2. The molecular formula is C16H18FNO. The number of benzene rings is 2. The van der Waals surface area contributed by atoms with Crippen LogP contribution in [-0.4, -0.2) is 13.2 Å². The van der Waals surface area contributed by atoms with Gasteiger partial charge in [0.1, 0.15) is 11.6 Å². The van der Waals surface area contributed by atoms with Gasteiger partial charge in [0, 0.05) is 12.5 Å². The molecule has 0 unspecified atom stereocenters. The van der Waals surface area contributed by atoms with Gasteiger partial charge in [-0.05, 0) is 36.2 Å². The van der Waals surface area contributed by atoms with E-state index in [0.29, 0.717) is 25.3 Å². The minimum Gasteiger partial charge on any atom is -0.493 e. The van der Waals surface area contributed by atoms with Crippen molar-refractivity contribution in [3.63, 3.8) is 0 Å². The van der Waals surface area contributed by atoms with Gasteiger partial charge in [-0.3, -0.25) is 0 Å². The fourth-order valence-corrected chi connectivity index (χ4v) is 1.95. The Labute approximate surface area is 113 Å². The second-order valence-corrected chi connectivity index (χ2v) is 4.42. The Bertz CT molecular complexity index is 513. The van der Waals surface area contributed by atoms with Gasteiger partial charge < -0.3 is 10.5 Å². The first-order chi connectivity index (χ1) is 9.28. The van der Waals surface area contributed by atoms with Crippen LogP contribution in [0.15, 0.2) is 48.5 Å². The van der Waals surface area contributed by atoms with Crippen molar-refractivity contribution in [2.24, 2.45) is 5.73 Å². The van der Waals surface area contributed by atoms with E-state index in [-0.39, 0.29) is 5.82 Å². The minimum atomic E-state index is -0.277. The summed E-state index contributed by atoms with van der Waals surface area (Å²) in [6.45, 7) is 1.04. The molecular weight excluding hydrogens is 241 g/mol. The third-order valence-electron chi connectivity index (χ3n) is 2.87. The monoisotopic (exact) mass is 259 g/mol. The molecule has 0 heterocycles. The van der Waals surface area contributed by atoms with E-state index in [9.17, 15) is 4.39 Å². The Morgan fingerprint density at radius 2 is 1.74 bits per heavy atom. The molecule has 0 saturated heterocycles. The summed E-state index contributed by atoms with van der Waals surface area (Å²) in [5.74, 6) is 0.292. The van der Waals surface area contributed by atoms with Gasteiger partial charge in [0.25, 0.3) is 0 Å². The largest absolute Gasteiger partial charge is 0.493 e. The van der Waals surface area contributed by atoms with Gasteiger partial charge in [-0.1, -0.05) is 30.3 Å². The second-order valence-electron chi connectivity index (χ2n) is 4.42. The predicted molar refractivity (Wildman–Crippen MR) is 74.8 cm³/mol. The van der Waals surface area contributed by atoms with Crippen molar-refractivity contribution in [1.82, 2.24) is 0 Å². The molecule has 0 atom stereocenters. The predicted octanol–water partition coefficient (Wildman–Crippen LogP) is 2.95. The average Bonchev–Trinajstić information content (AvgIpc) is 2.40. The maximum Gasteiger partial charge on any atom is 0.127 e. The molecule has 2 aromatic rings. The molecule has 19 heavy (non-hydrogen) atoms. The van der Waals surface area contributed by atoms with Crippen LogP contribution in [0.4, 0.5) is 4.39 Å². The number of ether oxygens (including phenoxy) is 1. The quantitative estimate of drug-likeness (QED) is 0.865. The Hall–Kier alpha value is -1.87. The van der Waals surface area contributed by atoms with Crippen LogP contribution in [0.5, 0.6) is 5.75 Å². The summed E-state index contributed by atoms with van der Waals surface area (Å²) in [5.41, 5.74) is 7.56. The van der Waals surface area contributed by atoms with Crippen LogP contribution in [0.2, 0.25) is 0 Å². The Morgan fingerprint density at radius 1 is 0.947 bits per heavy atom. The number of hydrogen-bond donors (Lipinski definition) is 1. The number of nitrogens with two attached hydrogens (primary N) is 1. The SMILES string of the molecule is NCCc1cc(F)cc(OCCc2ccccc2)c1. The highest BCUT2D eigenvalue weighted by molar-refractivity contribution is 5.30. The van der Waals surface area contributed by atoms with E-state index in [1.807, 2.05) is 24.3 Å². The van der Waals surface area contributed by atoms with Crippen LogP contribution >= 0.6 is 0 Å². The van der Waals surface area contributed by atoms with Gasteiger partial charge in [-0.25, -0.2) is 4.39 Å². The third-order valence-corrected chi connectivity index (χ3v) is 2.87. The van der Waals surface area contributed by atoms with Gasteiger partial charge >= 0.3 is 0 Å². The van der Waals surface area contributed by atoms with Gasteiger partial charge in [-0.2, -0.15) is 0 Å². The van der Waals surface area contributed by atoms with Crippen LogP contribution in [0.25, 0.3) is 0 Å². The number of hydrogen-bond acceptors (Lipinski definition) is 2. The lowest BCUT2D eigenvalue weighted by Gasteiger charge is -2.08. The number of rotatable bonds is 6. The van der Waals surface area contributed by atoms with Crippen molar-refractivity contribution < 1.29 is 9.13 Å². The molecule has 2 aromatic carbocycles. The fraction of sp³-hybridized carbons (Fsp3) is 0.250. The maximum atomic E-state index is 13.4. The highest BCUT2D eigenvalue weighted by Crippen LogP contribution is 2.17. The lowest BCUT2D eigenvalue weighted by molar-refractivity contribution is 0.320. The second kappa shape index (κ2) is 6.90. The van der Waals surface area contributed by atoms with Crippen molar-refractivity contribution in [3.8, 4) is 5.75 Å². The van der Waals surface area contributed by atoms with Gasteiger partial charge in [-0.15, -0.1) is 0 Å². The van der Waals surface area contributed by atoms with Crippen LogP contribution in [0.1, 0.15) is 11.1 Å². The Morgan fingerprint density at radius 3 is 2.47 bits per heavy atom. The molecule has 0 aliphatic heterocycles. The lowest BCUT2D eigenvalue weighted by Crippen LogP contribution is -2.05. The normalized spacial score (nSPS) is 10.4. The van der Waals surface area contributed by atoms with Crippen molar-refractivity contribution in [3.05, 3.63) is 65.5 Å². The van der Waals surface area contributed by atoms with E-state index in [2.05, 4.69) is 12.1 Å². The molecule has 2 nitrogen and oxygen atoms in total. The topological polar surface area (TPSA) is 35.2 Å². The minimum absolute atomic E-state index is 0.277. The van der Waals surface area contributed by atoms with E-state index in [1.165, 1.54) is 17.7 Å². The molecule has 3 heteroatoms.